The highest BCUT2D eigenvalue weighted by Crippen LogP contribution is 2.43. The van der Waals surface area contributed by atoms with Gasteiger partial charge in [-0.05, 0) is 12.8 Å². The van der Waals surface area contributed by atoms with Crippen molar-refractivity contribution in [2.75, 3.05) is 26.4 Å². The predicted octanol–water partition coefficient (Wildman–Crippen LogP) is 9.11. The average molecular weight is 695 g/mol. The van der Waals surface area contributed by atoms with E-state index in [-0.39, 0.29) is 19.4 Å². The van der Waals surface area contributed by atoms with Crippen LogP contribution in [-0.4, -0.2) is 65.7 Å². The van der Waals surface area contributed by atoms with Crippen molar-refractivity contribution in [3.63, 3.8) is 0 Å². The lowest BCUT2D eigenvalue weighted by Crippen LogP contribution is -2.29. The second-order valence-electron chi connectivity index (χ2n) is 13.0. The summed E-state index contributed by atoms with van der Waals surface area (Å²) in [5.74, 6) is -0.916. The van der Waals surface area contributed by atoms with Gasteiger partial charge in [-0.2, -0.15) is 0 Å². The molecule has 0 aromatic heterocycles. The van der Waals surface area contributed by atoms with Crippen LogP contribution < -0.4 is 0 Å². The van der Waals surface area contributed by atoms with Gasteiger partial charge in [-0.3, -0.25) is 18.6 Å². The van der Waals surface area contributed by atoms with Gasteiger partial charge in [0.25, 0.3) is 0 Å². The topological polar surface area (TPSA) is 149 Å². The van der Waals surface area contributed by atoms with E-state index in [0.717, 1.165) is 38.5 Å². The van der Waals surface area contributed by atoms with Crippen LogP contribution in [0.2, 0.25) is 0 Å². The zero-order chi connectivity index (χ0) is 34.9. The van der Waals surface area contributed by atoms with Gasteiger partial charge in [0.05, 0.1) is 19.8 Å². The van der Waals surface area contributed by atoms with Crippen LogP contribution >= 0.6 is 7.82 Å². The molecule has 11 heteroatoms. The third-order valence-corrected chi connectivity index (χ3v) is 9.21. The first-order chi connectivity index (χ1) is 22.7. The van der Waals surface area contributed by atoms with E-state index in [2.05, 4.69) is 18.4 Å². The molecule has 0 saturated heterocycles. The molecule has 0 saturated carbocycles. The van der Waals surface area contributed by atoms with Gasteiger partial charge in [0.2, 0.25) is 0 Å². The lowest BCUT2D eigenvalue weighted by atomic mass is 10.0. The van der Waals surface area contributed by atoms with Gasteiger partial charge in [-0.15, -0.1) is 0 Å². The van der Waals surface area contributed by atoms with Gasteiger partial charge < -0.3 is 24.6 Å². The number of hydrogen-bond donors (Lipinski definition) is 3. The number of carbonyl (C=O) groups is 2. The summed E-state index contributed by atoms with van der Waals surface area (Å²) in [6, 6.07) is 0. The molecule has 0 aliphatic carbocycles. The highest BCUT2D eigenvalue weighted by molar-refractivity contribution is 7.47. The van der Waals surface area contributed by atoms with Crippen LogP contribution in [0.15, 0.2) is 0 Å². The highest BCUT2D eigenvalue weighted by Gasteiger charge is 2.27. The highest BCUT2D eigenvalue weighted by atomic mass is 31.2. The molecule has 0 rings (SSSR count). The molecule has 1 unspecified atom stereocenters. The third-order valence-electron chi connectivity index (χ3n) is 8.26. The molecule has 0 aliphatic rings. The molecule has 0 aromatic carbocycles. The van der Waals surface area contributed by atoms with Crippen LogP contribution in [0.1, 0.15) is 181 Å². The summed E-state index contributed by atoms with van der Waals surface area (Å²) in [7, 11) is -4.60. The van der Waals surface area contributed by atoms with Crippen molar-refractivity contribution in [2.45, 2.75) is 193 Å². The number of phosphoric ester groups is 1. The molecule has 0 aliphatic heterocycles. The molecule has 47 heavy (non-hydrogen) atoms. The zero-order valence-corrected chi connectivity index (χ0v) is 30.9. The smallest absolute Gasteiger partial charge is 0.462 e. The van der Waals surface area contributed by atoms with Crippen molar-refractivity contribution in [1.29, 1.82) is 0 Å². The van der Waals surface area contributed by atoms with Crippen molar-refractivity contribution < 1.29 is 47.8 Å². The number of ether oxygens (including phenoxy) is 2. The number of esters is 2. The molecule has 280 valence electrons. The molecule has 3 atom stereocenters. The number of aliphatic hydroxyl groups excluding tert-OH is 2. The molecule has 0 aromatic rings. The van der Waals surface area contributed by atoms with E-state index < -0.39 is 51.8 Å². The number of rotatable bonds is 36. The second-order valence-corrected chi connectivity index (χ2v) is 14.4. The maximum absolute atomic E-state index is 12.5. The number of phosphoric acid groups is 1. The molecule has 0 heterocycles. The van der Waals surface area contributed by atoms with Crippen LogP contribution in [0.5, 0.6) is 0 Å². The molecular formula is C36H71O10P. The third kappa shape index (κ3) is 33.3. The quantitative estimate of drug-likeness (QED) is 0.0329. The van der Waals surface area contributed by atoms with E-state index in [1.807, 2.05) is 0 Å². The van der Waals surface area contributed by atoms with Gasteiger partial charge in [0.1, 0.15) is 12.7 Å². The van der Waals surface area contributed by atoms with E-state index in [4.69, 9.17) is 19.1 Å². The Bertz CT molecular complexity index is 766. The van der Waals surface area contributed by atoms with Crippen molar-refractivity contribution in [3.8, 4) is 0 Å². The van der Waals surface area contributed by atoms with Crippen molar-refractivity contribution >= 4 is 19.8 Å². The van der Waals surface area contributed by atoms with E-state index in [1.165, 1.54) is 103 Å². The fourth-order valence-corrected chi connectivity index (χ4v) is 6.08. The summed E-state index contributed by atoms with van der Waals surface area (Å²) >= 11 is 0. The molecule has 10 nitrogen and oxygen atoms in total. The summed E-state index contributed by atoms with van der Waals surface area (Å²) in [5.41, 5.74) is 0. The maximum Gasteiger partial charge on any atom is 0.472 e. The van der Waals surface area contributed by atoms with Crippen molar-refractivity contribution in [2.24, 2.45) is 0 Å². The molecule has 0 spiro atoms. The Kier molecular flexibility index (Phi) is 32.7. The van der Waals surface area contributed by atoms with E-state index >= 15 is 0 Å². The molecule has 0 radical (unpaired) electrons. The number of hydrogen-bond acceptors (Lipinski definition) is 9. The minimum Gasteiger partial charge on any atom is -0.462 e. The van der Waals surface area contributed by atoms with E-state index in [9.17, 15) is 24.2 Å². The molecule has 3 N–H and O–H groups in total. The molecular weight excluding hydrogens is 623 g/mol. The fourth-order valence-electron chi connectivity index (χ4n) is 5.29. The average Bonchev–Trinajstić information content (AvgIpc) is 3.05. The SMILES string of the molecule is CCCCCCCCCCCCCCCC(=O)OC[C@H](COP(=O)(O)OC[C@@H](O)CO)OC(=O)CCCCCCCCCCCCC. The van der Waals surface area contributed by atoms with Gasteiger partial charge in [0, 0.05) is 12.8 Å². The lowest BCUT2D eigenvalue weighted by molar-refractivity contribution is -0.161. The van der Waals surface area contributed by atoms with Gasteiger partial charge >= 0.3 is 19.8 Å². The Morgan fingerprint density at radius 1 is 0.553 bits per heavy atom. The van der Waals surface area contributed by atoms with Gasteiger partial charge in [0.15, 0.2) is 6.10 Å². The van der Waals surface area contributed by atoms with E-state index in [0.29, 0.717) is 12.8 Å². The lowest BCUT2D eigenvalue weighted by Gasteiger charge is -2.20. The van der Waals surface area contributed by atoms with E-state index in [1.54, 1.807) is 0 Å². The van der Waals surface area contributed by atoms with Gasteiger partial charge in [-0.25, -0.2) is 4.57 Å². The van der Waals surface area contributed by atoms with Crippen LogP contribution in [0, 0.1) is 0 Å². The monoisotopic (exact) mass is 694 g/mol. The largest absolute Gasteiger partial charge is 0.472 e. The van der Waals surface area contributed by atoms with Crippen LogP contribution in [0.4, 0.5) is 0 Å². The summed E-state index contributed by atoms with van der Waals surface area (Å²) in [4.78, 5) is 34.7. The zero-order valence-electron chi connectivity index (χ0n) is 30.0. The number of unbranched alkanes of at least 4 members (excludes halogenated alkanes) is 22. The Hall–Kier alpha value is -1.03. The Morgan fingerprint density at radius 3 is 1.32 bits per heavy atom. The van der Waals surface area contributed by atoms with Crippen molar-refractivity contribution in [3.05, 3.63) is 0 Å². The maximum atomic E-state index is 12.5. The second kappa shape index (κ2) is 33.5. The predicted molar refractivity (Wildman–Crippen MR) is 187 cm³/mol. The number of aliphatic hydroxyl groups is 2. The normalized spacial score (nSPS) is 14.1. The number of carbonyl (C=O) groups excluding carboxylic acids is 2. The summed E-state index contributed by atoms with van der Waals surface area (Å²) < 4.78 is 32.5. The molecule has 0 fully saturated rings. The van der Waals surface area contributed by atoms with Crippen LogP contribution in [0.3, 0.4) is 0 Å². The summed E-state index contributed by atoms with van der Waals surface area (Å²) in [5, 5.41) is 18.2. The minimum absolute atomic E-state index is 0.191. The Balaban J connectivity index is 4.34. The summed E-state index contributed by atoms with van der Waals surface area (Å²) in [6.45, 7) is 2.37. The fraction of sp³-hybridized carbons (Fsp3) is 0.944. The molecule has 0 bridgehead atoms. The first-order valence-corrected chi connectivity index (χ1v) is 20.5. The van der Waals surface area contributed by atoms with Crippen molar-refractivity contribution in [1.82, 2.24) is 0 Å². The summed E-state index contributed by atoms with van der Waals surface area (Å²) in [6.07, 6.45) is 26.4. The first-order valence-electron chi connectivity index (χ1n) is 19.0. The Labute approximate surface area is 286 Å². The minimum atomic E-state index is -4.60. The van der Waals surface area contributed by atoms with Gasteiger partial charge in [-0.1, -0.05) is 155 Å². The standard InChI is InChI=1S/C36H71O10P/c1-3-5-7-9-11-13-15-16-18-19-21-23-25-27-35(39)43-31-34(32-45-47(41,42)44-30-33(38)29-37)46-36(40)28-26-24-22-20-17-14-12-10-8-6-4-2/h33-34,37-38H,3-32H2,1-2H3,(H,41,42)/t33-,34+/m0/s1. The Morgan fingerprint density at radius 2 is 0.915 bits per heavy atom. The molecule has 0 amide bonds. The van der Waals surface area contributed by atoms with Crippen LogP contribution in [-0.2, 0) is 32.7 Å². The van der Waals surface area contributed by atoms with Crippen LogP contribution in [0.25, 0.3) is 0 Å². The first kappa shape index (κ1) is 46.0.